The summed E-state index contributed by atoms with van der Waals surface area (Å²) in [5.41, 5.74) is 1.97. The number of halogens is 1. The summed E-state index contributed by atoms with van der Waals surface area (Å²) in [7, 11) is 1.59. The molecule has 1 N–H and O–H groups in total. The molecule has 1 fully saturated rings. The van der Waals surface area contributed by atoms with Crippen LogP contribution in [0.25, 0.3) is 0 Å². The molecule has 1 atom stereocenters. The van der Waals surface area contributed by atoms with Gasteiger partial charge in [0.15, 0.2) is 5.17 Å². The van der Waals surface area contributed by atoms with E-state index in [1.54, 1.807) is 50.4 Å². The smallest absolute Gasteiger partial charge is 0.338 e. The first kappa shape index (κ1) is 27.8. The van der Waals surface area contributed by atoms with Crippen LogP contribution in [0.5, 0.6) is 5.75 Å². The van der Waals surface area contributed by atoms with Crippen molar-refractivity contribution in [2.75, 3.05) is 25.6 Å². The Balaban J connectivity index is 1.46. The third kappa shape index (κ3) is 7.23. The van der Waals surface area contributed by atoms with Crippen LogP contribution >= 0.6 is 11.8 Å². The summed E-state index contributed by atoms with van der Waals surface area (Å²) < 4.78 is 24.5. The van der Waals surface area contributed by atoms with Crippen molar-refractivity contribution in [3.05, 3.63) is 89.7 Å². The number of rotatable bonds is 10. The lowest BCUT2D eigenvalue weighted by molar-refractivity contribution is -0.128. The van der Waals surface area contributed by atoms with Crippen molar-refractivity contribution in [2.45, 2.75) is 25.0 Å². The number of nitrogens with zero attached hydrogens (tertiary/aromatic N) is 2. The van der Waals surface area contributed by atoms with Crippen LogP contribution in [0.3, 0.4) is 0 Å². The van der Waals surface area contributed by atoms with Gasteiger partial charge in [0.1, 0.15) is 22.5 Å². The number of carbonyl (C=O) groups is 3. The lowest BCUT2D eigenvalue weighted by Gasteiger charge is -2.17. The van der Waals surface area contributed by atoms with E-state index in [-0.39, 0.29) is 30.5 Å². The highest BCUT2D eigenvalue weighted by atomic mass is 32.2. The Morgan fingerprint density at radius 3 is 2.44 bits per heavy atom. The quantitative estimate of drug-likeness (QED) is 0.349. The van der Waals surface area contributed by atoms with Crippen molar-refractivity contribution in [3.63, 3.8) is 0 Å². The predicted octanol–water partition coefficient (Wildman–Crippen LogP) is 5.21. The van der Waals surface area contributed by atoms with E-state index in [0.717, 1.165) is 23.1 Å². The summed E-state index contributed by atoms with van der Waals surface area (Å²) in [6.07, 6.45) is 0.441. The van der Waals surface area contributed by atoms with Crippen LogP contribution < -0.4 is 10.1 Å². The number of hydrogen-bond acceptors (Lipinski definition) is 7. The SMILES string of the molecule is CCOC(=O)c1ccc(NC(=O)C[C@H]2SC(=Nc3ccccc3F)N(CCc3ccc(OC)cc3)C2=O)cc1. The molecule has 1 aliphatic rings. The molecule has 8 nitrogen and oxygen atoms in total. The molecule has 1 aliphatic heterocycles. The van der Waals surface area contributed by atoms with Crippen molar-refractivity contribution in [1.82, 2.24) is 4.90 Å². The van der Waals surface area contributed by atoms with Gasteiger partial charge in [-0.05, 0) is 67.4 Å². The number of amides is 2. The summed E-state index contributed by atoms with van der Waals surface area (Å²) >= 11 is 1.14. The van der Waals surface area contributed by atoms with Gasteiger partial charge in [0.2, 0.25) is 11.8 Å². The topological polar surface area (TPSA) is 97.3 Å². The van der Waals surface area contributed by atoms with Crippen molar-refractivity contribution < 1.29 is 28.2 Å². The average molecular weight is 550 g/mol. The molecule has 1 saturated heterocycles. The molecule has 0 unspecified atom stereocenters. The minimum absolute atomic E-state index is 0.0988. The Bertz CT molecular complexity index is 1360. The minimum atomic E-state index is -0.717. The second-order valence-electron chi connectivity index (χ2n) is 8.59. The van der Waals surface area contributed by atoms with Crippen LogP contribution in [0.1, 0.15) is 29.3 Å². The van der Waals surface area contributed by atoms with Crippen LogP contribution in [0.15, 0.2) is 77.8 Å². The third-order valence-electron chi connectivity index (χ3n) is 5.92. The number of anilines is 1. The van der Waals surface area contributed by atoms with E-state index in [2.05, 4.69) is 10.3 Å². The number of nitrogens with one attached hydrogen (secondary N) is 1. The minimum Gasteiger partial charge on any atom is -0.497 e. The third-order valence-corrected chi connectivity index (χ3v) is 7.10. The van der Waals surface area contributed by atoms with Crippen molar-refractivity contribution in [1.29, 1.82) is 0 Å². The standard InChI is InChI=1S/C29H28FN3O5S/c1-3-38-28(36)20-10-12-21(13-11-20)31-26(34)18-25-27(35)33(17-16-19-8-14-22(37-2)15-9-19)29(39-25)32-24-7-5-4-6-23(24)30/h4-15,25H,3,16-18H2,1-2H3,(H,31,34)/t25-/m1/s1. The summed E-state index contributed by atoms with van der Waals surface area (Å²) in [6, 6.07) is 19.9. The maximum absolute atomic E-state index is 14.3. The molecule has 3 aromatic rings. The molecule has 0 spiro atoms. The second-order valence-corrected chi connectivity index (χ2v) is 9.76. The normalized spacial score (nSPS) is 15.9. The lowest BCUT2D eigenvalue weighted by atomic mass is 10.1. The summed E-state index contributed by atoms with van der Waals surface area (Å²) in [5, 5.41) is 2.38. The average Bonchev–Trinajstić information content (AvgIpc) is 3.22. The fraction of sp³-hybridized carbons (Fsp3) is 0.241. The van der Waals surface area contributed by atoms with E-state index < -0.39 is 17.0 Å². The van der Waals surface area contributed by atoms with Gasteiger partial charge in [-0.3, -0.25) is 14.5 Å². The van der Waals surface area contributed by atoms with Gasteiger partial charge in [-0.2, -0.15) is 0 Å². The molecule has 0 bridgehead atoms. The zero-order chi connectivity index (χ0) is 27.8. The molecular weight excluding hydrogens is 521 g/mol. The molecule has 1 heterocycles. The fourth-order valence-corrected chi connectivity index (χ4v) is 5.07. The van der Waals surface area contributed by atoms with E-state index in [9.17, 15) is 18.8 Å². The highest BCUT2D eigenvalue weighted by Crippen LogP contribution is 2.33. The number of hydrogen-bond donors (Lipinski definition) is 1. The van der Waals surface area contributed by atoms with Gasteiger partial charge >= 0.3 is 5.97 Å². The van der Waals surface area contributed by atoms with Gasteiger partial charge in [0.25, 0.3) is 0 Å². The van der Waals surface area contributed by atoms with Crippen LogP contribution in [0, 0.1) is 5.82 Å². The summed E-state index contributed by atoms with van der Waals surface area (Å²) in [4.78, 5) is 43.9. The molecule has 3 aromatic carbocycles. The summed E-state index contributed by atoms with van der Waals surface area (Å²) in [6.45, 7) is 2.31. The molecule has 0 aliphatic carbocycles. The molecule has 2 amide bonds. The van der Waals surface area contributed by atoms with Gasteiger partial charge in [0, 0.05) is 18.7 Å². The Morgan fingerprint density at radius 2 is 1.77 bits per heavy atom. The second kappa shape index (κ2) is 13.1. The summed E-state index contributed by atoms with van der Waals surface area (Å²) in [5.74, 6) is -0.848. The predicted molar refractivity (Wildman–Crippen MR) is 149 cm³/mol. The van der Waals surface area contributed by atoms with Gasteiger partial charge in [-0.25, -0.2) is 14.2 Å². The van der Waals surface area contributed by atoms with E-state index in [4.69, 9.17) is 9.47 Å². The van der Waals surface area contributed by atoms with E-state index >= 15 is 0 Å². The first-order valence-corrected chi connectivity index (χ1v) is 13.3. The van der Waals surface area contributed by atoms with E-state index in [1.807, 2.05) is 24.3 Å². The van der Waals surface area contributed by atoms with Gasteiger partial charge in [-0.1, -0.05) is 36.0 Å². The number of methoxy groups -OCH3 is 1. The molecule has 0 saturated carbocycles. The molecule has 0 aromatic heterocycles. The Morgan fingerprint density at radius 1 is 1.05 bits per heavy atom. The zero-order valence-corrected chi connectivity index (χ0v) is 22.4. The number of para-hydroxylation sites is 1. The van der Waals surface area contributed by atoms with Crippen molar-refractivity contribution >= 4 is 46.1 Å². The number of aliphatic imine (C=N–C) groups is 1. The Hall–Kier alpha value is -4.18. The molecule has 4 rings (SSSR count). The molecule has 202 valence electrons. The van der Waals surface area contributed by atoms with E-state index in [1.165, 1.54) is 17.0 Å². The number of benzene rings is 3. The van der Waals surface area contributed by atoms with Crippen LogP contribution in [-0.2, 0) is 20.7 Å². The van der Waals surface area contributed by atoms with Gasteiger partial charge < -0.3 is 14.8 Å². The first-order chi connectivity index (χ1) is 18.9. The number of thioether (sulfide) groups is 1. The van der Waals surface area contributed by atoms with Crippen LogP contribution in [0.4, 0.5) is 15.8 Å². The lowest BCUT2D eigenvalue weighted by Crippen LogP contribution is -2.35. The van der Waals surface area contributed by atoms with Crippen molar-refractivity contribution in [3.8, 4) is 5.75 Å². The van der Waals surface area contributed by atoms with Crippen molar-refractivity contribution in [2.24, 2.45) is 4.99 Å². The number of carbonyl (C=O) groups excluding carboxylic acids is 3. The highest BCUT2D eigenvalue weighted by Gasteiger charge is 2.39. The Labute approximate surface area is 230 Å². The monoisotopic (exact) mass is 549 g/mol. The Kier molecular flexibility index (Phi) is 9.32. The number of esters is 1. The zero-order valence-electron chi connectivity index (χ0n) is 21.6. The van der Waals surface area contributed by atoms with Crippen LogP contribution in [-0.4, -0.2) is 53.4 Å². The fourth-order valence-electron chi connectivity index (χ4n) is 3.89. The van der Waals surface area contributed by atoms with E-state index in [0.29, 0.717) is 29.4 Å². The van der Waals surface area contributed by atoms with Crippen LogP contribution in [0.2, 0.25) is 0 Å². The maximum Gasteiger partial charge on any atom is 0.338 e. The first-order valence-electron chi connectivity index (χ1n) is 12.4. The molecular formula is C29H28FN3O5S. The molecule has 10 heteroatoms. The maximum atomic E-state index is 14.3. The largest absolute Gasteiger partial charge is 0.497 e. The molecule has 39 heavy (non-hydrogen) atoms. The highest BCUT2D eigenvalue weighted by molar-refractivity contribution is 8.15. The number of amidine groups is 1. The number of ether oxygens (including phenoxy) is 2. The molecule has 0 radical (unpaired) electrons. The van der Waals surface area contributed by atoms with Gasteiger partial charge in [0.05, 0.1) is 19.3 Å². The van der Waals surface area contributed by atoms with Gasteiger partial charge in [-0.15, -0.1) is 0 Å².